The Labute approximate surface area is 147 Å². The van der Waals surface area contributed by atoms with Gasteiger partial charge in [-0.15, -0.1) is 0 Å². The van der Waals surface area contributed by atoms with Crippen LogP contribution in [-0.4, -0.2) is 58.3 Å². The third-order valence-electron chi connectivity index (χ3n) is 4.04. The SMILES string of the molecule is CCCN(CCC(=O)NC1CCCCNC1=O)C(=O)c1cnccn1. The summed E-state index contributed by atoms with van der Waals surface area (Å²) in [6.45, 7) is 3.44. The predicted molar refractivity (Wildman–Crippen MR) is 91.6 cm³/mol. The van der Waals surface area contributed by atoms with Gasteiger partial charge < -0.3 is 15.5 Å². The smallest absolute Gasteiger partial charge is 0.274 e. The molecule has 1 aliphatic heterocycles. The lowest BCUT2D eigenvalue weighted by molar-refractivity contribution is -0.128. The van der Waals surface area contributed by atoms with Gasteiger partial charge in [0.25, 0.3) is 5.91 Å². The summed E-state index contributed by atoms with van der Waals surface area (Å²) in [4.78, 5) is 46.0. The number of hydrogen-bond donors (Lipinski definition) is 2. The highest BCUT2D eigenvalue weighted by Crippen LogP contribution is 2.07. The molecule has 1 aromatic heterocycles. The first-order valence-electron chi connectivity index (χ1n) is 8.74. The molecule has 2 rings (SSSR count). The molecule has 0 saturated carbocycles. The van der Waals surface area contributed by atoms with Gasteiger partial charge in [-0.2, -0.15) is 0 Å². The third kappa shape index (κ3) is 5.81. The van der Waals surface area contributed by atoms with Gasteiger partial charge in [0.2, 0.25) is 11.8 Å². The van der Waals surface area contributed by atoms with E-state index in [4.69, 9.17) is 0 Å². The van der Waals surface area contributed by atoms with Gasteiger partial charge in [0.05, 0.1) is 6.20 Å². The number of carbonyl (C=O) groups is 3. The van der Waals surface area contributed by atoms with Crippen LogP contribution >= 0.6 is 0 Å². The summed E-state index contributed by atoms with van der Waals surface area (Å²) in [6, 6.07) is -0.481. The highest BCUT2D eigenvalue weighted by molar-refractivity contribution is 5.92. The van der Waals surface area contributed by atoms with Crippen LogP contribution in [0.5, 0.6) is 0 Å². The molecular weight excluding hydrogens is 322 g/mol. The molecule has 8 nitrogen and oxygen atoms in total. The lowest BCUT2D eigenvalue weighted by Gasteiger charge is -2.22. The zero-order chi connectivity index (χ0) is 18.1. The first-order chi connectivity index (χ1) is 12.1. The molecule has 0 radical (unpaired) electrons. The number of hydrogen-bond acceptors (Lipinski definition) is 5. The Morgan fingerprint density at radius 3 is 2.88 bits per heavy atom. The van der Waals surface area contributed by atoms with E-state index in [0.29, 0.717) is 19.5 Å². The fourth-order valence-electron chi connectivity index (χ4n) is 2.74. The van der Waals surface area contributed by atoms with E-state index >= 15 is 0 Å². The molecular formula is C17H25N5O3. The van der Waals surface area contributed by atoms with Gasteiger partial charge in [-0.3, -0.25) is 19.4 Å². The van der Waals surface area contributed by atoms with Gasteiger partial charge in [0, 0.05) is 38.4 Å². The zero-order valence-electron chi connectivity index (χ0n) is 14.5. The maximum atomic E-state index is 12.5. The monoisotopic (exact) mass is 347 g/mol. The minimum Gasteiger partial charge on any atom is -0.354 e. The molecule has 0 spiro atoms. The summed E-state index contributed by atoms with van der Waals surface area (Å²) in [6.07, 6.45) is 7.79. The van der Waals surface area contributed by atoms with Crippen LogP contribution in [0.1, 0.15) is 49.5 Å². The maximum Gasteiger partial charge on any atom is 0.274 e. The van der Waals surface area contributed by atoms with Crippen molar-refractivity contribution >= 4 is 17.7 Å². The van der Waals surface area contributed by atoms with E-state index < -0.39 is 6.04 Å². The van der Waals surface area contributed by atoms with E-state index in [1.165, 1.54) is 18.6 Å². The average Bonchev–Trinajstić information content (AvgIpc) is 2.83. The largest absolute Gasteiger partial charge is 0.354 e. The molecule has 1 atom stereocenters. The van der Waals surface area contributed by atoms with Crippen LogP contribution in [0, 0.1) is 0 Å². The van der Waals surface area contributed by atoms with Crippen LogP contribution in [0.3, 0.4) is 0 Å². The van der Waals surface area contributed by atoms with Gasteiger partial charge in [0.1, 0.15) is 11.7 Å². The third-order valence-corrected chi connectivity index (χ3v) is 4.04. The highest BCUT2D eigenvalue weighted by Gasteiger charge is 2.23. The minimum absolute atomic E-state index is 0.132. The molecule has 3 amide bonds. The van der Waals surface area contributed by atoms with Gasteiger partial charge in [-0.1, -0.05) is 6.92 Å². The molecule has 0 aliphatic carbocycles. The van der Waals surface area contributed by atoms with Crippen molar-refractivity contribution in [1.82, 2.24) is 25.5 Å². The topological polar surface area (TPSA) is 104 Å². The van der Waals surface area contributed by atoms with Crippen LogP contribution in [0.2, 0.25) is 0 Å². The van der Waals surface area contributed by atoms with E-state index in [1.807, 2.05) is 6.92 Å². The first-order valence-corrected chi connectivity index (χ1v) is 8.74. The first kappa shape index (κ1) is 18.8. The summed E-state index contributed by atoms with van der Waals surface area (Å²) in [5.41, 5.74) is 0.263. The molecule has 1 saturated heterocycles. The van der Waals surface area contributed by atoms with Crippen LogP contribution in [-0.2, 0) is 9.59 Å². The molecule has 136 valence electrons. The van der Waals surface area contributed by atoms with Crippen molar-refractivity contribution in [3.8, 4) is 0 Å². The Kier molecular flexibility index (Phi) is 7.31. The number of carbonyl (C=O) groups excluding carboxylic acids is 3. The minimum atomic E-state index is -0.481. The van der Waals surface area contributed by atoms with Crippen LogP contribution in [0.15, 0.2) is 18.6 Å². The molecule has 0 bridgehead atoms. The molecule has 2 N–H and O–H groups in total. The number of amides is 3. The summed E-state index contributed by atoms with van der Waals surface area (Å²) >= 11 is 0. The van der Waals surface area contributed by atoms with Crippen LogP contribution < -0.4 is 10.6 Å². The second-order valence-corrected chi connectivity index (χ2v) is 6.04. The Balaban J connectivity index is 1.88. The fraction of sp³-hybridized carbons (Fsp3) is 0.588. The van der Waals surface area contributed by atoms with Crippen molar-refractivity contribution in [1.29, 1.82) is 0 Å². The number of nitrogens with one attached hydrogen (secondary N) is 2. The second-order valence-electron chi connectivity index (χ2n) is 6.04. The van der Waals surface area contributed by atoms with Gasteiger partial charge >= 0.3 is 0 Å². The van der Waals surface area contributed by atoms with Gasteiger partial charge in [0.15, 0.2) is 0 Å². The number of nitrogens with zero attached hydrogens (tertiary/aromatic N) is 3. The van der Waals surface area contributed by atoms with Crippen molar-refractivity contribution in [3.63, 3.8) is 0 Å². The van der Waals surface area contributed by atoms with Crippen LogP contribution in [0.4, 0.5) is 0 Å². The van der Waals surface area contributed by atoms with E-state index in [1.54, 1.807) is 4.90 Å². The molecule has 1 aromatic rings. The Hall–Kier alpha value is -2.51. The van der Waals surface area contributed by atoms with E-state index in [2.05, 4.69) is 20.6 Å². The Morgan fingerprint density at radius 1 is 1.32 bits per heavy atom. The van der Waals surface area contributed by atoms with Crippen LogP contribution in [0.25, 0.3) is 0 Å². The van der Waals surface area contributed by atoms with Gasteiger partial charge in [-0.05, 0) is 25.7 Å². The lowest BCUT2D eigenvalue weighted by Crippen LogP contribution is -2.46. The van der Waals surface area contributed by atoms with Crippen molar-refractivity contribution in [2.24, 2.45) is 0 Å². The molecule has 1 fully saturated rings. The fourth-order valence-corrected chi connectivity index (χ4v) is 2.74. The van der Waals surface area contributed by atoms with E-state index in [0.717, 1.165) is 19.3 Å². The van der Waals surface area contributed by atoms with Crippen molar-refractivity contribution < 1.29 is 14.4 Å². The summed E-state index contributed by atoms with van der Waals surface area (Å²) < 4.78 is 0. The number of aromatic nitrogens is 2. The molecule has 0 aromatic carbocycles. The zero-order valence-corrected chi connectivity index (χ0v) is 14.5. The normalized spacial score (nSPS) is 17.3. The highest BCUT2D eigenvalue weighted by atomic mass is 16.2. The average molecular weight is 347 g/mol. The van der Waals surface area contributed by atoms with Crippen molar-refractivity contribution in [2.45, 2.75) is 45.1 Å². The van der Waals surface area contributed by atoms with Gasteiger partial charge in [-0.25, -0.2) is 4.98 Å². The predicted octanol–water partition coefficient (Wildman–Crippen LogP) is 0.504. The molecule has 25 heavy (non-hydrogen) atoms. The Morgan fingerprint density at radius 2 is 2.16 bits per heavy atom. The summed E-state index contributed by atoms with van der Waals surface area (Å²) in [7, 11) is 0. The lowest BCUT2D eigenvalue weighted by atomic mass is 10.1. The molecule has 1 unspecified atom stereocenters. The molecule has 1 aliphatic rings. The quantitative estimate of drug-likeness (QED) is 0.747. The van der Waals surface area contributed by atoms with Crippen molar-refractivity contribution in [3.05, 3.63) is 24.3 Å². The van der Waals surface area contributed by atoms with Crippen molar-refractivity contribution in [2.75, 3.05) is 19.6 Å². The number of rotatable bonds is 7. The van der Waals surface area contributed by atoms with E-state index in [-0.39, 0.29) is 36.4 Å². The Bertz CT molecular complexity index is 593. The summed E-state index contributed by atoms with van der Waals surface area (Å²) in [5, 5.41) is 5.56. The summed E-state index contributed by atoms with van der Waals surface area (Å²) in [5.74, 6) is -0.600. The second kappa shape index (κ2) is 9.71. The van der Waals surface area contributed by atoms with E-state index in [9.17, 15) is 14.4 Å². The molecule has 8 heteroatoms. The maximum absolute atomic E-state index is 12.5. The standard InChI is InChI=1S/C17H25N5O3/c1-2-10-22(17(25)14-12-18-8-9-19-14)11-6-15(23)21-13-5-3-4-7-20-16(13)24/h8-9,12-13H,2-7,10-11H2,1H3,(H,20,24)(H,21,23). The molecule has 2 heterocycles.